The van der Waals surface area contributed by atoms with Gasteiger partial charge in [0.25, 0.3) is 0 Å². The standard InChI is InChI=1S/C14H20N2O2/c1(3-9-15-13-7-5-11-17-13)2-4-10-16-14-8-6-12-18-14/h5-8,11-12,15-16H,1-4,9-10H2. The summed E-state index contributed by atoms with van der Waals surface area (Å²) in [5.41, 5.74) is 0. The Hall–Kier alpha value is -1.84. The van der Waals surface area contributed by atoms with E-state index in [9.17, 15) is 0 Å². The number of hydrogen-bond acceptors (Lipinski definition) is 4. The van der Waals surface area contributed by atoms with Gasteiger partial charge in [0, 0.05) is 25.2 Å². The summed E-state index contributed by atoms with van der Waals surface area (Å²) in [6, 6.07) is 7.66. The molecule has 0 aliphatic rings. The van der Waals surface area contributed by atoms with Crippen molar-refractivity contribution in [2.75, 3.05) is 23.7 Å². The molecule has 2 heterocycles. The molecule has 0 bridgehead atoms. The van der Waals surface area contributed by atoms with Crippen molar-refractivity contribution in [1.29, 1.82) is 0 Å². The molecule has 2 N–H and O–H groups in total. The number of anilines is 2. The Kier molecular flexibility index (Phi) is 5.24. The van der Waals surface area contributed by atoms with Crippen molar-refractivity contribution >= 4 is 11.8 Å². The third-order valence-electron chi connectivity index (χ3n) is 2.74. The molecule has 0 spiro atoms. The Morgan fingerprint density at radius 1 is 0.722 bits per heavy atom. The van der Waals surface area contributed by atoms with Crippen LogP contribution in [0.15, 0.2) is 45.6 Å². The largest absolute Gasteiger partial charge is 0.449 e. The van der Waals surface area contributed by atoms with Gasteiger partial charge in [-0.1, -0.05) is 12.8 Å². The van der Waals surface area contributed by atoms with E-state index in [0.29, 0.717) is 0 Å². The Balaban J connectivity index is 1.40. The fourth-order valence-electron chi connectivity index (χ4n) is 1.79. The van der Waals surface area contributed by atoms with Crippen molar-refractivity contribution in [3.63, 3.8) is 0 Å². The molecule has 18 heavy (non-hydrogen) atoms. The van der Waals surface area contributed by atoms with Gasteiger partial charge in [-0.25, -0.2) is 0 Å². The van der Waals surface area contributed by atoms with Crippen LogP contribution >= 0.6 is 0 Å². The molecule has 0 radical (unpaired) electrons. The van der Waals surface area contributed by atoms with Crippen LogP contribution < -0.4 is 10.6 Å². The van der Waals surface area contributed by atoms with E-state index in [1.54, 1.807) is 12.5 Å². The lowest BCUT2D eigenvalue weighted by atomic mass is 10.2. The van der Waals surface area contributed by atoms with Gasteiger partial charge in [0.15, 0.2) is 11.8 Å². The van der Waals surface area contributed by atoms with Crippen molar-refractivity contribution in [3.8, 4) is 0 Å². The molecule has 2 aromatic rings. The third kappa shape index (κ3) is 4.57. The van der Waals surface area contributed by atoms with E-state index in [1.165, 1.54) is 25.7 Å². The fraction of sp³-hybridized carbons (Fsp3) is 0.429. The Morgan fingerprint density at radius 2 is 1.22 bits per heavy atom. The van der Waals surface area contributed by atoms with E-state index in [-0.39, 0.29) is 0 Å². The van der Waals surface area contributed by atoms with Crippen LogP contribution in [0.2, 0.25) is 0 Å². The maximum atomic E-state index is 5.19. The first-order chi connectivity index (χ1) is 8.95. The summed E-state index contributed by atoms with van der Waals surface area (Å²) in [4.78, 5) is 0. The Bertz CT molecular complexity index is 355. The van der Waals surface area contributed by atoms with E-state index in [0.717, 1.165) is 24.9 Å². The van der Waals surface area contributed by atoms with Gasteiger partial charge in [-0.05, 0) is 25.0 Å². The minimum Gasteiger partial charge on any atom is -0.449 e. The Morgan fingerprint density at radius 3 is 1.61 bits per heavy atom. The first-order valence-electron chi connectivity index (χ1n) is 6.50. The molecule has 4 heteroatoms. The van der Waals surface area contributed by atoms with Crippen molar-refractivity contribution in [2.24, 2.45) is 0 Å². The highest BCUT2D eigenvalue weighted by Crippen LogP contribution is 2.09. The third-order valence-corrected chi connectivity index (χ3v) is 2.74. The highest BCUT2D eigenvalue weighted by molar-refractivity contribution is 5.29. The molecule has 0 unspecified atom stereocenters. The van der Waals surface area contributed by atoms with E-state index < -0.39 is 0 Å². The highest BCUT2D eigenvalue weighted by atomic mass is 16.3. The molecule has 2 aromatic heterocycles. The molecule has 0 aliphatic carbocycles. The van der Waals surface area contributed by atoms with E-state index in [2.05, 4.69) is 10.6 Å². The van der Waals surface area contributed by atoms with Gasteiger partial charge in [0.2, 0.25) is 0 Å². The lowest BCUT2D eigenvalue weighted by Gasteiger charge is -2.04. The van der Waals surface area contributed by atoms with E-state index in [4.69, 9.17) is 8.83 Å². The topological polar surface area (TPSA) is 50.3 Å². The lowest BCUT2D eigenvalue weighted by molar-refractivity contribution is 0.569. The van der Waals surface area contributed by atoms with Crippen LogP contribution in [0, 0.1) is 0 Å². The van der Waals surface area contributed by atoms with Gasteiger partial charge < -0.3 is 19.5 Å². The molecule has 0 amide bonds. The summed E-state index contributed by atoms with van der Waals surface area (Å²) >= 11 is 0. The maximum absolute atomic E-state index is 5.19. The first kappa shape index (κ1) is 12.6. The highest BCUT2D eigenvalue weighted by Gasteiger charge is 1.95. The zero-order valence-electron chi connectivity index (χ0n) is 10.5. The molecule has 98 valence electrons. The summed E-state index contributed by atoms with van der Waals surface area (Å²) in [5, 5.41) is 6.48. The zero-order chi connectivity index (χ0) is 12.5. The van der Waals surface area contributed by atoms with Gasteiger partial charge >= 0.3 is 0 Å². The smallest absolute Gasteiger partial charge is 0.192 e. The molecule has 0 saturated heterocycles. The van der Waals surface area contributed by atoms with Crippen LogP contribution in [0.4, 0.5) is 11.8 Å². The van der Waals surface area contributed by atoms with Gasteiger partial charge in [-0.15, -0.1) is 0 Å². The molecule has 0 aliphatic heterocycles. The summed E-state index contributed by atoms with van der Waals surface area (Å²) in [5.74, 6) is 1.71. The quantitative estimate of drug-likeness (QED) is 0.659. The molecule has 0 saturated carbocycles. The molecular weight excluding hydrogens is 228 g/mol. The minimum absolute atomic E-state index is 0.856. The average Bonchev–Trinajstić information content (AvgIpc) is 3.05. The van der Waals surface area contributed by atoms with Gasteiger partial charge in [-0.3, -0.25) is 0 Å². The molecule has 4 nitrogen and oxygen atoms in total. The van der Waals surface area contributed by atoms with Gasteiger partial charge in [0.1, 0.15) is 0 Å². The molecule has 0 fully saturated rings. The second-order valence-electron chi connectivity index (χ2n) is 4.22. The minimum atomic E-state index is 0.856. The zero-order valence-corrected chi connectivity index (χ0v) is 10.5. The number of rotatable bonds is 9. The van der Waals surface area contributed by atoms with Crippen molar-refractivity contribution in [2.45, 2.75) is 25.7 Å². The van der Waals surface area contributed by atoms with E-state index in [1.807, 2.05) is 24.3 Å². The SMILES string of the molecule is c1coc(NCCCCCCNc2ccco2)c1. The second-order valence-corrected chi connectivity index (χ2v) is 4.22. The maximum Gasteiger partial charge on any atom is 0.192 e. The van der Waals surface area contributed by atoms with Gasteiger partial charge in [-0.2, -0.15) is 0 Å². The summed E-state index contributed by atoms with van der Waals surface area (Å²) in [6.45, 7) is 1.94. The Labute approximate surface area is 107 Å². The van der Waals surface area contributed by atoms with E-state index >= 15 is 0 Å². The average molecular weight is 248 g/mol. The number of unbranched alkanes of at least 4 members (excludes halogenated alkanes) is 3. The first-order valence-corrected chi connectivity index (χ1v) is 6.50. The predicted octanol–water partition coefficient (Wildman–Crippen LogP) is 3.96. The summed E-state index contributed by atoms with van der Waals surface area (Å²) in [7, 11) is 0. The van der Waals surface area contributed by atoms with Crippen molar-refractivity contribution in [3.05, 3.63) is 36.8 Å². The number of nitrogens with one attached hydrogen (secondary N) is 2. The van der Waals surface area contributed by atoms with Crippen LogP contribution in [0.1, 0.15) is 25.7 Å². The van der Waals surface area contributed by atoms with Crippen LogP contribution in [-0.4, -0.2) is 13.1 Å². The van der Waals surface area contributed by atoms with Crippen LogP contribution in [0.25, 0.3) is 0 Å². The van der Waals surface area contributed by atoms with Crippen molar-refractivity contribution < 1.29 is 8.83 Å². The van der Waals surface area contributed by atoms with Crippen molar-refractivity contribution in [1.82, 2.24) is 0 Å². The summed E-state index contributed by atoms with van der Waals surface area (Å²) in [6.07, 6.45) is 8.16. The molecule has 0 atom stereocenters. The normalized spacial score (nSPS) is 10.4. The molecule has 0 aromatic carbocycles. The predicted molar refractivity (Wildman–Crippen MR) is 72.9 cm³/mol. The van der Waals surface area contributed by atoms with Crippen LogP contribution in [0.3, 0.4) is 0 Å². The van der Waals surface area contributed by atoms with Crippen LogP contribution in [-0.2, 0) is 0 Å². The van der Waals surface area contributed by atoms with Crippen LogP contribution in [0.5, 0.6) is 0 Å². The number of hydrogen-bond donors (Lipinski definition) is 2. The lowest BCUT2D eigenvalue weighted by Crippen LogP contribution is -2.02. The molecular formula is C14H20N2O2. The molecule has 2 rings (SSSR count). The second kappa shape index (κ2) is 7.48. The van der Waals surface area contributed by atoms with Gasteiger partial charge in [0.05, 0.1) is 12.5 Å². The fourth-order valence-corrected chi connectivity index (χ4v) is 1.79. The number of furan rings is 2. The summed E-state index contributed by atoms with van der Waals surface area (Å²) < 4.78 is 10.4. The monoisotopic (exact) mass is 248 g/mol.